The summed E-state index contributed by atoms with van der Waals surface area (Å²) in [6.07, 6.45) is 1.12. The lowest BCUT2D eigenvalue weighted by atomic mass is 10.6. The third-order valence-electron chi connectivity index (χ3n) is 0.943. The number of nitrogens with zero attached hydrogens (tertiary/aromatic N) is 2. The summed E-state index contributed by atoms with van der Waals surface area (Å²) in [6, 6.07) is 0.0902. The second-order valence-electron chi connectivity index (χ2n) is 1.84. The van der Waals surface area contributed by atoms with Crippen LogP contribution in [0.1, 0.15) is 5.82 Å². The molecule has 5 nitrogen and oxygen atoms in total. The summed E-state index contributed by atoms with van der Waals surface area (Å²) < 4.78 is 4.60. The van der Waals surface area contributed by atoms with Gasteiger partial charge in [-0.2, -0.15) is 4.98 Å². The first kappa shape index (κ1) is 7.46. The predicted molar refractivity (Wildman–Crippen MR) is 37.9 cm³/mol. The highest BCUT2D eigenvalue weighted by atomic mass is 16.5. The zero-order chi connectivity index (χ0) is 8.27. The van der Waals surface area contributed by atoms with E-state index in [9.17, 15) is 4.79 Å². The van der Waals surface area contributed by atoms with Crippen molar-refractivity contribution in [2.45, 2.75) is 6.92 Å². The van der Waals surface area contributed by atoms with Gasteiger partial charge in [0.05, 0.1) is 0 Å². The van der Waals surface area contributed by atoms with Gasteiger partial charge in [-0.15, -0.1) is 0 Å². The monoisotopic (exact) mass is 153 g/mol. The number of hydrogen-bond donors (Lipinski definition) is 1. The highest BCUT2D eigenvalue weighted by Crippen LogP contribution is 2.00. The Bertz CT molecular complexity index is 279. The maximum Gasteiger partial charge on any atom is 0.328 e. The number of amides is 1. The third-order valence-corrected chi connectivity index (χ3v) is 0.943. The van der Waals surface area contributed by atoms with Gasteiger partial charge in [-0.1, -0.05) is 11.7 Å². The van der Waals surface area contributed by atoms with Crippen molar-refractivity contribution in [3.63, 3.8) is 0 Å². The molecule has 0 aliphatic heterocycles. The van der Waals surface area contributed by atoms with Crippen LogP contribution < -0.4 is 5.32 Å². The SMILES string of the molecule is C=CC(=O)Nc1nc(C)no1. The molecular formula is C6H7N3O2. The van der Waals surface area contributed by atoms with Crippen molar-refractivity contribution < 1.29 is 9.32 Å². The van der Waals surface area contributed by atoms with Crippen molar-refractivity contribution in [2.24, 2.45) is 0 Å². The fourth-order valence-electron chi connectivity index (χ4n) is 0.504. The summed E-state index contributed by atoms with van der Waals surface area (Å²) in [6.45, 7) is 4.92. The third kappa shape index (κ3) is 1.89. The first-order valence-corrected chi connectivity index (χ1v) is 2.96. The van der Waals surface area contributed by atoms with Crippen LogP contribution in [0.25, 0.3) is 0 Å². The van der Waals surface area contributed by atoms with Gasteiger partial charge < -0.3 is 4.52 Å². The number of aromatic nitrogens is 2. The Morgan fingerprint density at radius 2 is 2.55 bits per heavy atom. The number of rotatable bonds is 2. The van der Waals surface area contributed by atoms with Gasteiger partial charge in [0.15, 0.2) is 5.82 Å². The van der Waals surface area contributed by atoms with E-state index >= 15 is 0 Å². The van der Waals surface area contributed by atoms with E-state index in [0.29, 0.717) is 5.82 Å². The first-order valence-electron chi connectivity index (χ1n) is 2.96. The van der Waals surface area contributed by atoms with Crippen LogP contribution in [0.5, 0.6) is 0 Å². The van der Waals surface area contributed by atoms with Crippen LogP contribution in [0, 0.1) is 6.92 Å². The van der Waals surface area contributed by atoms with Crippen LogP contribution in [0.15, 0.2) is 17.2 Å². The molecule has 0 atom stereocenters. The molecule has 0 aliphatic carbocycles. The molecule has 1 rings (SSSR count). The summed E-state index contributed by atoms with van der Waals surface area (Å²) in [5.74, 6) is 0.109. The maximum absolute atomic E-state index is 10.6. The minimum Gasteiger partial charge on any atom is -0.315 e. The van der Waals surface area contributed by atoms with Crippen LogP contribution in [0.3, 0.4) is 0 Å². The van der Waals surface area contributed by atoms with E-state index in [0.717, 1.165) is 6.08 Å². The molecule has 0 aliphatic rings. The molecule has 1 heterocycles. The lowest BCUT2D eigenvalue weighted by Crippen LogP contribution is -2.07. The molecule has 11 heavy (non-hydrogen) atoms. The van der Waals surface area contributed by atoms with Gasteiger partial charge in [0, 0.05) is 0 Å². The fraction of sp³-hybridized carbons (Fsp3) is 0.167. The minimum atomic E-state index is -0.367. The van der Waals surface area contributed by atoms with E-state index in [1.165, 1.54) is 0 Å². The highest BCUT2D eigenvalue weighted by molar-refractivity contribution is 5.97. The lowest BCUT2D eigenvalue weighted by Gasteiger charge is -1.89. The Kier molecular flexibility index (Phi) is 2.00. The fourth-order valence-corrected chi connectivity index (χ4v) is 0.504. The number of anilines is 1. The average molecular weight is 153 g/mol. The average Bonchev–Trinajstić information content (AvgIpc) is 2.35. The zero-order valence-corrected chi connectivity index (χ0v) is 6.00. The summed E-state index contributed by atoms with van der Waals surface area (Å²) in [5, 5.41) is 5.78. The molecule has 1 aromatic rings. The molecular weight excluding hydrogens is 146 g/mol. The summed E-state index contributed by atoms with van der Waals surface area (Å²) in [7, 11) is 0. The normalized spacial score (nSPS) is 9.18. The Morgan fingerprint density at radius 3 is 3.00 bits per heavy atom. The second-order valence-corrected chi connectivity index (χ2v) is 1.84. The molecule has 1 N–H and O–H groups in total. The Labute approximate surface area is 63.1 Å². The van der Waals surface area contributed by atoms with Crippen LogP contribution >= 0.6 is 0 Å². The molecule has 58 valence electrons. The number of nitrogens with one attached hydrogen (secondary N) is 1. The van der Waals surface area contributed by atoms with Crippen molar-refractivity contribution in [3.05, 3.63) is 18.5 Å². The highest BCUT2D eigenvalue weighted by Gasteiger charge is 2.03. The van der Waals surface area contributed by atoms with Gasteiger partial charge in [-0.05, 0) is 13.0 Å². The van der Waals surface area contributed by atoms with Crippen molar-refractivity contribution in [3.8, 4) is 0 Å². The molecule has 0 aromatic carbocycles. The van der Waals surface area contributed by atoms with Gasteiger partial charge >= 0.3 is 6.01 Å². The number of hydrogen-bond acceptors (Lipinski definition) is 4. The molecule has 0 radical (unpaired) electrons. The quantitative estimate of drug-likeness (QED) is 0.628. The molecule has 1 amide bonds. The van der Waals surface area contributed by atoms with E-state index in [1.54, 1.807) is 6.92 Å². The van der Waals surface area contributed by atoms with E-state index < -0.39 is 0 Å². The lowest BCUT2D eigenvalue weighted by molar-refractivity contribution is -0.112. The number of aryl methyl sites for hydroxylation is 1. The molecule has 0 fully saturated rings. The molecule has 5 heteroatoms. The zero-order valence-electron chi connectivity index (χ0n) is 6.00. The standard InChI is InChI=1S/C6H7N3O2/c1-3-5(10)8-6-7-4(2)9-11-6/h3H,1H2,2H3,(H,7,8,9,10). The Hall–Kier alpha value is -1.65. The largest absolute Gasteiger partial charge is 0.328 e. The van der Waals surface area contributed by atoms with Crippen LogP contribution in [-0.4, -0.2) is 16.0 Å². The second kappa shape index (κ2) is 2.96. The van der Waals surface area contributed by atoms with Gasteiger partial charge in [-0.3, -0.25) is 10.1 Å². The topological polar surface area (TPSA) is 68.0 Å². The van der Waals surface area contributed by atoms with Crippen LogP contribution in [0.4, 0.5) is 6.01 Å². The predicted octanol–water partition coefficient (Wildman–Crippen LogP) is 0.503. The molecule has 0 unspecified atom stereocenters. The Balaban J connectivity index is 2.64. The van der Waals surface area contributed by atoms with Crippen molar-refractivity contribution in [1.82, 2.24) is 10.1 Å². The maximum atomic E-state index is 10.6. The molecule has 0 spiro atoms. The van der Waals surface area contributed by atoms with Gasteiger partial charge in [0.1, 0.15) is 0 Å². The van der Waals surface area contributed by atoms with E-state index in [1.807, 2.05) is 0 Å². The summed E-state index contributed by atoms with van der Waals surface area (Å²) in [5.41, 5.74) is 0. The molecule has 1 aromatic heterocycles. The van der Waals surface area contributed by atoms with Crippen LogP contribution in [-0.2, 0) is 4.79 Å². The first-order chi connectivity index (χ1) is 5.22. The van der Waals surface area contributed by atoms with E-state index in [-0.39, 0.29) is 11.9 Å². The summed E-state index contributed by atoms with van der Waals surface area (Å²) in [4.78, 5) is 14.4. The van der Waals surface area contributed by atoms with Crippen molar-refractivity contribution in [2.75, 3.05) is 5.32 Å². The molecule has 0 bridgehead atoms. The summed E-state index contributed by atoms with van der Waals surface area (Å²) >= 11 is 0. The van der Waals surface area contributed by atoms with E-state index in [4.69, 9.17) is 0 Å². The van der Waals surface area contributed by atoms with E-state index in [2.05, 4.69) is 26.6 Å². The smallest absolute Gasteiger partial charge is 0.315 e. The minimum absolute atomic E-state index is 0.0902. The van der Waals surface area contributed by atoms with Gasteiger partial charge in [0.2, 0.25) is 0 Å². The van der Waals surface area contributed by atoms with Crippen molar-refractivity contribution >= 4 is 11.9 Å². The molecule has 0 saturated carbocycles. The number of carbonyl (C=O) groups excluding carboxylic acids is 1. The van der Waals surface area contributed by atoms with Gasteiger partial charge in [-0.25, -0.2) is 0 Å². The van der Waals surface area contributed by atoms with Crippen molar-refractivity contribution in [1.29, 1.82) is 0 Å². The van der Waals surface area contributed by atoms with Crippen LogP contribution in [0.2, 0.25) is 0 Å². The van der Waals surface area contributed by atoms with Gasteiger partial charge in [0.25, 0.3) is 5.91 Å². The number of carbonyl (C=O) groups is 1. The Morgan fingerprint density at radius 1 is 1.82 bits per heavy atom. The molecule has 0 saturated heterocycles.